The topological polar surface area (TPSA) is 78.8 Å². The van der Waals surface area contributed by atoms with Crippen molar-refractivity contribution in [2.75, 3.05) is 12.3 Å². The summed E-state index contributed by atoms with van der Waals surface area (Å²) in [5, 5.41) is 3.36. The first kappa shape index (κ1) is 18.8. The van der Waals surface area contributed by atoms with Crippen molar-refractivity contribution < 1.29 is 13.2 Å². The summed E-state index contributed by atoms with van der Waals surface area (Å²) in [7, 11) is -3.49. The Labute approximate surface area is 168 Å². The highest BCUT2D eigenvalue weighted by Crippen LogP contribution is 2.41. The van der Waals surface area contributed by atoms with Crippen LogP contribution in [0.15, 0.2) is 70.0 Å². The van der Waals surface area contributed by atoms with Gasteiger partial charge in [0, 0.05) is 6.54 Å². The molecule has 2 aliphatic heterocycles. The Balaban J connectivity index is 1.70. The summed E-state index contributed by atoms with van der Waals surface area (Å²) in [5.74, 6) is -0.308. The molecular formula is C20H19N3O3S2. The summed E-state index contributed by atoms with van der Waals surface area (Å²) in [6.45, 7) is 2.20. The van der Waals surface area contributed by atoms with Crippen molar-refractivity contribution in [3.05, 3.63) is 76.7 Å². The SMILES string of the molecule is CC(NC(=O)C1=C(c2ccccc2)N2CCS(=O)(=O)N=C2S1)c1ccccc1. The Morgan fingerprint density at radius 2 is 1.75 bits per heavy atom. The number of benzene rings is 2. The maximum absolute atomic E-state index is 13.1. The number of carbonyl (C=O) groups is 1. The number of amidine groups is 1. The van der Waals surface area contributed by atoms with Gasteiger partial charge in [-0.2, -0.15) is 0 Å². The Bertz CT molecular complexity index is 1060. The van der Waals surface area contributed by atoms with Crippen LogP contribution >= 0.6 is 11.8 Å². The predicted molar refractivity (Wildman–Crippen MR) is 112 cm³/mol. The van der Waals surface area contributed by atoms with Crippen molar-refractivity contribution in [1.82, 2.24) is 10.2 Å². The molecule has 0 spiro atoms. The average molecular weight is 414 g/mol. The van der Waals surface area contributed by atoms with Crippen LogP contribution in [0.2, 0.25) is 0 Å². The second kappa shape index (κ2) is 7.44. The van der Waals surface area contributed by atoms with Crippen LogP contribution in [0.5, 0.6) is 0 Å². The van der Waals surface area contributed by atoms with Gasteiger partial charge in [-0.1, -0.05) is 60.7 Å². The molecule has 1 amide bonds. The van der Waals surface area contributed by atoms with Gasteiger partial charge in [0.2, 0.25) is 0 Å². The van der Waals surface area contributed by atoms with Gasteiger partial charge in [0.15, 0.2) is 5.17 Å². The summed E-state index contributed by atoms with van der Waals surface area (Å²) in [5.41, 5.74) is 2.56. The van der Waals surface area contributed by atoms with E-state index >= 15 is 0 Å². The molecule has 0 aromatic heterocycles. The van der Waals surface area contributed by atoms with Gasteiger partial charge in [0.05, 0.1) is 17.5 Å². The zero-order valence-electron chi connectivity index (χ0n) is 15.2. The lowest BCUT2D eigenvalue weighted by Gasteiger charge is -2.25. The van der Waals surface area contributed by atoms with E-state index in [1.54, 1.807) is 0 Å². The first-order valence-corrected chi connectivity index (χ1v) is 11.3. The minimum Gasteiger partial charge on any atom is -0.345 e. The molecule has 28 heavy (non-hydrogen) atoms. The second-order valence-electron chi connectivity index (χ2n) is 6.56. The van der Waals surface area contributed by atoms with Crippen molar-refractivity contribution in [1.29, 1.82) is 0 Å². The predicted octanol–water partition coefficient (Wildman–Crippen LogP) is 2.98. The molecule has 144 valence electrons. The zero-order chi connectivity index (χ0) is 19.7. The van der Waals surface area contributed by atoms with Crippen molar-refractivity contribution in [2.24, 2.45) is 4.40 Å². The van der Waals surface area contributed by atoms with Gasteiger partial charge in [0.1, 0.15) is 4.91 Å². The molecule has 2 aromatic rings. The highest BCUT2D eigenvalue weighted by Gasteiger charge is 2.38. The Hall–Kier alpha value is -2.58. The summed E-state index contributed by atoms with van der Waals surface area (Å²) < 4.78 is 27.7. The standard InChI is InChI=1S/C20H19N3O3S2/c1-14(15-8-4-2-5-9-15)21-19(24)18-17(16-10-6-3-7-11-16)23-12-13-28(25,26)22-20(23)27-18/h2-11,14H,12-13H2,1H3,(H,21,24). The largest absolute Gasteiger partial charge is 0.345 e. The van der Waals surface area contributed by atoms with Crippen molar-refractivity contribution in [3.63, 3.8) is 0 Å². The minimum atomic E-state index is -3.49. The van der Waals surface area contributed by atoms with E-state index in [-0.39, 0.29) is 24.2 Å². The Morgan fingerprint density at radius 1 is 1.11 bits per heavy atom. The number of sulfonamides is 1. The zero-order valence-corrected chi connectivity index (χ0v) is 16.8. The van der Waals surface area contributed by atoms with Gasteiger partial charge in [-0.15, -0.1) is 4.40 Å². The number of hydrogen-bond donors (Lipinski definition) is 1. The van der Waals surface area contributed by atoms with Gasteiger partial charge in [-0.05, 0) is 29.8 Å². The first-order valence-electron chi connectivity index (χ1n) is 8.88. The fourth-order valence-corrected chi connectivity index (χ4v) is 5.47. The third-order valence-electron chi connectivity index (χ3n) is 4.60. The second-order valence-corrected chi connectivity index (χ2v) is 9.30. The fourth-order valence-electron chi connectivity index (χ4n) is 3.18. The number of nitrogens with zero attached hydrogens (tertiary/aromatic N) is 2. The molecule has 0 saturated carbocycles. The van der Waals surface area contributed by atoms with Crippen LogP contribution in [-0.4, -0.2) is 36.7 Å². The van der Waals surface area contributed by atoms with E-state index < -0.39 is 10.0 Å². The normalized spacial score (nSPS) is 19.0. The summed E-state index contributed by atoms with van der Waals surface area (Å²) in [6.07, 6.45) is 0. The lowest BCUT2D eigenvalue weighted by atomic mass is 10.1. The summed E-state index contributed by atoms with van der Waals surface area (Å²) in [4.78, 5) is 15.4. The van der Waals surface area contributed by atoms with Gasteiger partial charge >= 0.3 is 0 Å². The fraction of sp³-hybridized carbons (Fsp3) is 0.200. The van der Waals surface area contributed by atoms with E-state index in [0.29, 0.717) is 15.8 Å². The summed E-state index contributed by atoms with van der Waals surface area (Å²) >= 11 is 1.11. The van der Waals surface area contributed by atoms with E-state index in [2.05, 4.69) is 9.71 Å². The number of fused-ring (bicyclic) bond motifs is 1. The molecule has 0 aliphatic carbocycles. The number of thioether (sulfide) groups is 1. The molecule has 1 atom stereocenters. The number of carbonyl (C=O) groups excluding carboxylic acids is 1. The van der Waals surface area contributed by atoms with Crippen LogP contribution in [0, 0.1) is 0 Å². The maximum atomic E-state index is 13.1. The molecule has 0 fully saturated rings. The molecule has 1 unspecified atom stereocenters. The van der Waals surface area contributed by atoms with Crippen LogP contribution in [0.3, 0.4) is 0 Å². The third-order valence-corrected chi connectivity index (χ3v) is 6.94. The molecule has 0 bridgehead atoms. The molecule has 0 radical (unpaired) electrons. The third kappa shape index (κ3) is 3.70. The van der Waals surface area contributed by atoms with Crippen molar-refractivity contribution in [2.45, 2.75) is 13.0 Å². The van der Waals surface area contributed by atoms with Gasteiger partial charge in [-0.25, -0.2) is 8.42 Å². The molecular weight excluding hydrogens is 394 g/mol. The molecule has 8 heteroatoms. The van der Waals surface area contributed by atoms with Crippen LogP contribution in [0.4, 0.5) is 0 Å². The Morgan fingerprint density at radius 3 is 2.43 bits per heavy atom. The molecule has 2 aromatic carbocycles. The van der Waals surface area contributed by atoms with Crippen molar-refractivity contribution in [3.8, 4) is 0 Å². The van der Waals surface area contributed by atoms with E-state index in [1.165, 1.54) is 0 Å². The molecule has 0 saturated heterocycles. The van der Waals surface area contributed by atoms with E-state index in [4.69, 9.17) is 0 Å². The van der Waals surface area contributed by atoms with Crippen LogP contribution < -0.4 is 5.32 Å². The monoisotopic (exact) mass is 413 g/mol. The van der Waals surface area contributed by atoms with E-state index in [0.717, 1.165) is 22.9 Å². The highest BCUT2D eigenvalue weighted by atomic mass is 32.2. The smallest absolute Gasteiger partial charge is 0.260 e. The number of rotatable bonds is 4. The lowest BCUT2D eigenvalue weighted by Crippen LogP contribution is -2.34. The number of hydrogen-bond acceptors (Lipinski definition) is 5. The van der Waals surface area contributed by atoms with Gasteiger partial charge in [-0.3, -0.25) is 4.79 Å². The van der Waals surface area contributed by atoms with Crippen LogP contribution in [-0.2, 0) is 14.8 Å². The van der Waals surface area contributed by atoms with Crippen LogP contribution in [0.1, 0.15) is 24.1 Å². The van der Waals surface area contributed by atoms with Gasteiger partial charge in [0.25, 0.3) is 15.9 Å². The molecule has 4 rings (SSSR count). The molecule has 1 N–H and O–H groups in total. The Kier molecular flexibility index (Phi) is 4.99. The quantitative estimate of drug-likeness (QED) is 0.834. The number of nitrogens with one attached hydrogen (secondary N) is 1. The molecule has 2 heterocycles. The molecule has 6 nitrogen and oxygen atoms in total. The maximum Gasteiger partial charge on any atom is 0.260 e. The lowest BCUT2D eigenvalue weighted by molar-refractivity contribution is -0.117. The van der Waals surface area contributed by atoms with Crippen molar-refractivity contribution >= 4 is 38.6 Å². The minimum absolute atomic E-state index is 0.0668. The summed E-state index contributed by atoms with van der Waals surface area (Å²) in [6, 6.07) is 19.0. The van der Waals surface area contributed by atoms with E-state index in [9.17, 15) is 13.2 Å². The van der Waals surface area contributed by atoms with Crippen LogP contribution in [0.25, 0.3) is 5.70 Å². The highest BCUT2D eigenvalue weighted by molar-refractivity contribution is 8.19. The average Bonchev–Trinajstić information content (AvgIpc) is 3.06. The van der Waals surface area contributed by atoms with Gasteiger partial charge < -0.3 is 10.2 Å². The van der Waals surface area contributed by atoms with E-state index in [1.807, 2.05) is 72.5 Å². The first-order chi connectivity index (χ1) is 13.4. The molecule has 2 aliphatic rings. The number of amides is 1.